The van der Waals surface area contributed by atoms with Gasteiger partial charge in [0.05, 0.1) is 17.4 Å². The molecule has 0 aliphatic carbocycles. The van der Waals surface area contributed by atoms with E-state index in [0.29, 0.717) is 5.65 Å². The normalized spacial score (nSPS) is 17.7. The molecule has 0 amide bonds. The number of hydrogen-bond acceptors (Lipinski definition) is 4. The Morgan fingerprint density at radius 2 is 1.52 bits per heavy atom. The second-order valence-corrected chi connectivity index (χ2v) is 7.31. The number of hydrogen-bond donors (Lipinski definition) is 0. The second-order valence-electron chi connectivity index (χ2n) is 7.31. The summed E-state index contributed by atoms with van der Waals surface area (Å²) in [6.45, 7) is 12.1. The Hall–Kier alpha value is -2.25. The zero-order valence-corrected chi connectivity index (χ0v) is 16.7. The highest BCUT2D eigenvalue weighted by molar-refractivity contribution is 6.64. The lowest BCUT2D eigenvalue weighted by Crippen LogP contribution is -2.41. The molecule has 0 saturated carbocycles. The summed E-state index contributed by atoms with van der Waals surface area (Å²) in [5, 5.41) is 4.38. The van der Waals surface area contributed by atoms with Gasteiger partial charge in [-0.25, -0.2) is 13.9 Å². The highest BCUT2D eigenvalue weighted by Crippen LogP contribution is 2.36. The standard InChI is InChI=1S/C18H19BFN3O2.C2H6/c1-17(2)18(3,4)25-19(24-17)15-10-22-23-11-13(9-21-16(15)23)12-5-7-14(20)8-6-12;1-2/h5-11H,1-4H3;1-2H3. The fraction of sp³-hybridized carbons (Fsp3) is 0.400. The van der Waals surface area contributed by atoms with Crippen molar-refractivity contribution in [3.63, 3.8) is 0 Å². The maximum absolute atomic E-state index is 13.1. The van der Waals surface area contributed by atoms with E-state index in [1.54, 1.807) is 29.0 Å². The molecule has 27 heavy (non-hydrogen) atoms. The minimum atomic E-state index is -0.508. The molecule has 5 nitrogen and oxygen atoms in total. The van der Waals surface area contributed by atoms with Crippen LogP contribution in [-0.4, -0.2) is 32.9 Å². The predicted octanol–water partition coefficient (Wildman–Crippen LogP) is 3.86. The summed E-state index contributed by atoms with van der Waals surface area (Å²) < 4.78 is 27.0. The Bertz CT molecular complexity index is 922. The quantitative estimate of drug-likeness (QED) is 0.644. The number of aromatic nitrogens is 3. The van der Waals surface area contributed by atoms with E-state index in [4.69, 9.17) is 9.31 Å². The lowest BCUT2D eigenvalue weighted by atomic mass is 9.81. The van der Waals surface area contributed by atoms with E-state index in [-0.39, 0.29) is 5.82 Å². The number of rotatable bonds is 2. The predicted molar refractivity (Wildman–Crippen MR) is 105 cm³/mol. The van der Waals surface area contributed by atoms with Crippen LogP contribution in [0.4, 0.5) is 4.39 Å². The molecule has 3 heterocycles. The minimum absolute atomic E-state index is 0.264. The first-order valence-electron chi connectivity index (χ1n) is 9.22. The molecule has 1 aliphatic heterocycles. The number of benzene rings is 1. The van der Waals surface area contributed by atoms with Crippen molar-refractivity contribution in [2.45, 2.75) is 52.7 Å². The molecule has 1 aromatic carbocycles. The fourth-order valence-electron chi connectivity index (χ4n) is 2.82. The molecule has 0 N–H and O–H groups in total. The van der Waals surface area contributed by atoms with Crippen molar-refractivity contribution in [1.82, 2.24) is 14.6 Å². The Labute approximate surface area is 159 Å². The van der Waals surface area contributed by atoms with Gasteiger partial charge in [0.1, 0.15) is 5.82 Å². The monoisotopic (exact) mass is 369 g/mol. The molecule has 142 valence electrons. The van der Waals surface area contributed by atoms with Gasteiger partial charge in [-0.15, -0.1) is 0 Å². The molecule has 3 aromatic rings. The van der Waals surface area contributed by atoms with Crippen molar-refractivity contribution in [3.8, 4) is 11.1 Å². The molecular weight excluding hydrogens is 344 g/mol. The first-order valence-corrected chi connectivity index (χ1v) is 9.22. The van der Waals surface area contributed by atoms with Gasteiger partial charge in [-0.3, -0.25) is 0 Å². The van der Waals surface area contributed by atoms with Gasteiger partial charge in [0, 0.05) is 23.4 Å². The molecule has 4 rings (SSSR count). The van der Waals surface area contributed by atoms with Gasteiger partial charge >= 0.3 is 7.12 Å². The van der Waals surface area contributed by atoms with Crippen molar-refractivity contribution >= 4 is 18.2 Å². The average molecular weight is 369 g/mol. The van der Waals surface area contributed by atoms with Crippen LogP contribution in [-0.2, 0) is 9.31 Å². The lowest BCUT2D eigenvalue weighted by Gasteiger charge is -2.32. The average Bonchev–Trinajstić information content (AvgIpc) is 3.14. The number of nitrogens with zero attached hydrogens (tertiary/aromatic N) is 3. The summed E-state index contributed by atoms with van der Waals surface area (Å²) in [6.07, 6.45) is 5.34. The first kappa shape index (κ1) is 19.5. The molecular formula is C20H25BFN3O2. The summed E-state index contributed by atoms with van der Waals surface area (Å²) in [5.74, 6) is -0.264. The first-order chi connectivity index (χ1) is 12.8. The molecule has 0 atom stereocenters. The van der Waals surface area contributed by atoms with E-state index >= 15 is 0 Å². The lowest BCUT2D eigenvalue weighted by molar-refractivity contribution is 0.00578. The van der Waals surface area contributed by atoms with Gasteiger partial charge < -0.3 is 9.31 Å². The smallest absolute Gasteiger partial charge is 0.399 e. The van der Waals surface area contributed by atoms with Crippen LogP contribution in [0.15, 0.2) is 42.9 Å². The van der Waals surface area contributed by atoms with Gasteiger partial charge in [0.2, 0.25) is 0 Å². The van der Waals surface area contributed by atoms with Crippen LogP contribution in [0.5, 0.6) is 0 Å². The van der Waals surface area contributed by atoms with Crippen LogP contribution in [0, 0.1) is 5.82 Å². The van der Waals surface area contributed by atoms with E-state index in [1.165, 1.54) is 12.1 Å². The van der Waals surface area contributed by atoms with Crippen LogP contribution >= 0.6 is 0 Å². The Morgan fingerprint density at radius 3 is 2.11 bits per heavy atom. The third kappa shape index (κ3) is 3.49. The van der Waals surface area contributed by atoms with Crippen molar-refractivity contribution in [2.24, 2.45) is 0 Å². The Balaban J connectivity index is 0.00000102. The maximum Gasteiger partial charge on any atom is 0.500 e. The highest BCUT2D eigenvalue weighted by Gasteiger charge is 2.52. The zero-order chi connectivity index (χ0) is 19.8. The van der Waals surface area contributed by atoms with Gasteiger partial charge in [-0.05, 0) is 45.4 Å². The van der Waals surface area contributed by atoms with Crippen LogP contribution in [0.3, 0.4) is 0 Å². The molecule has 0 unspecified atom stereocenters. The zero-order valence-electron chi connectivity index (χ0n) is 16.7. The molecule has 0 bridgehead atoms. The second kappa shape index (κ2) is 7.05. The number of fused-ring (bicyclic) bond motifs is 1. The molecule has 0 radical (unpaired) electrons. The van der Waals surface area contributed by atoms with Crippen molar-refractivity contribution in [3.05, 3.63) is 48.7 Å². The fourth-order valence-corrected chi connectivity index (χ4v) is 2.82. The van der Waals surface area contributed by atoms with E-state index < -0.39 is 18.3 Å². The molecule has 0 spiro atoms. The van der Waals surface area contributed by atoms with Gasteiger partial charge in [0.15, 0.2) is 5.65 Å². The van der Waals surface area contributed by atoms with Crippen molar-refractivity contribution in [2.75, 3.05) is 0 Å². The van der Waals surface area contributed by atoms with Gasteiger partial charge in [-0.2, -0.15) is 5.10 Å². The minimum Gasteiger partial charge on any atom is -0.399 e. The van der Waals surface area contributed by atoms with Crippen LogP contribution < -0.4 is 5.46 Å². The SMILES string of the molecule is CC.CC1(C)OB(c2cnn3cc(-c4ccc(F)cc4)cnc23)OC1(C)C. The summed E-state index contributed by atoms with van der Waals surface area (Å²) >= 11 is 0. The van der Waals surface area contributed by atoms with Crippen LogP contribution in [0.2, 0.25) is 0 Å². The Morgan fingerprint density at radius 1 is 0.926 bits per heavy atom. The topological polar surface area (TPSA) is 48.7 Å². The largest absolute Gasteiger partial charge is 0.500 e. The van der Waals surface area contributed by atoms with Crippen LogP contribution in [0.1, 0.15) is 41.5 Å². The van der Waals surface area contributed by atoms with Crippen LogP contribution in [0.25, 0.3) is 16.8 Å². The molecule has 2 aromatic heterocycles. The Kier molecular flexibility index (Phi) is 5.10. The highest BCUT2D eigenvalue weighted by atomic mass is 19.1. The van der Waals surface area contributed by atoms with E-state index in [2.05, 4.69) is 10.1 Å². The summed E-state index contributed by atoms with van der Waals surface area (Å²) in [7, 11) is -0.508. The summed E-state index contributed by atoms with van der Waals surface area (Å²) in [6, 6.07) is 6.30. The van der Waals surface area contributed by atoms with Gasteiger partial charge in [-0.1, -0.05) is 26.0 Å². The maximum atomic E-state index is 13.1. The van der Waals surface area contributed by atoms with E-state index in [0.717, 1.165) is 16.6 Å². The molecule has 7 heteroatoms. The number of halogens is 1. The third-order valence-electron chi connectivity index (χ3n) is 5.07. The van der Waals surface area contributed by atoms with E-state index in [1.807, 2.05) is 47.7 Å². The van der Waals surface area contributed by atoms with Gasteiger partial charge in [0.25, 0.3) is 0 Å². The van der Waals surface area contributed by atoms with Crippen molar-refractivity contribution < 1.29 is 13.7 Å². The summed E-state index contributed by atoms with van der Waals surface area (Å²) in [4.78, 5) is 4.53. The molecule has 1 saturated heterocycles. The molecule has 1 aliphatic rings. The van der Waals surface area contributed by atoms with Crippen molar-refractivity contribution in [1.29, 1.82) is 0 Å². The summed E-state index contributed by atoms with van der Waals surface area (Å²) in [5.41, 5.74) is 2.38. The molecule has 1 fully saturated rings. The third-order valence-corrected chi connectivity index (χ3v) is 5.07. The van der Waals surface area contributed by atoms with E-state index in [9.17, 15) is 4.39 Å².